The van der Waals surface area contributed by atoms with Crippen LogP contribution in [0.4, 0.5) is 0 Å². The van der Waals surface area contributed by atoms with Crippen molar-refractivity contribution in [2.75, 3.05) is 26.3 Å². The molecule has 0 fully saturated rings. The highest BCUT2D eigenvalue weighted by Crippen LogP contribution is 2.05. The quantitative estimate of drug-likeness (QED) is 0.254. The summed E-state index contributed by atoms with van der Waals surface area (Å²) in [5, 5.41) is 0. The molecule has 0 unspecified atom stereocenters. The summed E-state index contributed by atoms with van der Waals surface area (Å²) in [5.74, 6) is -3.70. The van der Waals surface area contributed by atoms with Crippen LogP contribution in [0.1, 0.15) is 79.7 Å². The van der Waals surface area contributed by atoms with Gasteiger partial charge in [-0.15, -0.1) is 0 Å². The number of ether oxygens (including phenoxy) is 2. The number of rotatable bonds is 9. The van der Waals surface area contributed by atoms with Gasteiger partial charge in [-0.3, -0.25) is 38.6 Å². The fourth-order valence-electron chi connectivity index (χ4n) is 2.10. The Morgan fingerprint density at radius 1 is 0.514 bits per heavy atom. The number of amides is 4. The van der Waals surface area contributed by atoms with Crippen molar-refractivity contribution in [3.8, 4) is 0 Å². The second-order valence-electron chi connectivity index (χ2n) is 5.34. The molecule has 0 N–H and O–H groups in total. The normalized spacial score (nSPS) is 11.9. The van der Waals surface area contributed by atoms with Crippen LogP contribution >= 0.6 is 0 Å². The fourth-order valence-corrected chi connectivity index (χ4v) is 2.10. The summed E-state index contributed by atoms with van der Waals surface area (Å²) in [6.07, 6.45) is 5.07. The van der Waals surface area contributed by atoms with Gasteiger partial charge < -0.3 is 9.47 Å². The van der Waals surface area contributed by atoms with E-state index in [1.807, 2.05) is 0 Å². The highest BCUT2D eigenvalue weighted by Gasteiger charge is 2.27. The number of unbranched alkanes of at least 4 members (excludes halogenated alkanes) is 1. The van der Waals surface area contributed by atoms with Crippen molar-refractivity contribution >= 4 is 35.6 Å². The molecule has 4 amide bonds. The maximum Gasteiger partial charge on any atom is 0.326 e. The van der Waals surface area contributed by atoms with Gasteiger partial charge in [0.1, 0.15) is 13.1 Å². The van der Waals surface area contributed by atoms with Crippen molar-refractivity contribution in [2.24, 2.45) is 0 Å². The Morgan fingerprint density at radius 3 is 0.971 bits per heavy atom. The van der Waals surface area contributed by atoms with Gasteiger partial charge in [-0.05, 0) is 12.8 Å². The van der Waals surface area contributed by atoms with Crippen LogP contribution in [0.3, 0.4) is 0 Å². The summed E-state index contributed by atoms with van der Waals surface area (Å²) in [6, 6.07) is 0. The Labute approximate surface area is 214 Å². The lowest BCUT2D eigenvalue weighted by atomic mass is 10.3. The highest BCUT2D eigenvalue weighted by molar-refractivity contribution is 6.14. The molecule has 10 nitrogen and oxygen atoms in total. The van der Waals surface area contributed by atoms with E-state index in [1.165, 1.54) is 0 Å². The first-order valence-corrected chi connectivity index (χ1v) is 7.77. The fraction of sp³-hybridized carbons (Fsp3) is 0.600. The molecule has 0 bridgehead atoms. The van der Waals surface area contributed by atoms with E-state index in [4.69, 9.17) is 9.47 Å². The third-order valence-electron chi connectivity index (χ3n) is 3.44. The Hall–Kier alpha value is -3.30. The average Bonchev–Trinajstić information content (AvgIpc) is 3.08. The minimum Gasteiger partial charge on any atom is -0.464 e. The number of nitrogens with zero attached hydrogens (tertiary/aromatic N) is 2. The van der Waals surface area contributed by atoms with Crippen molar-refractivity contribution in [1.82, 2.24) is 9.80 Å². The molecule has 2 rings (SSSR count). The first kappa shape index (κ1) is 53.2. The second-order valence-corrected chi connectivity index (χ2v) is 5.34. The van der Waals surface area contributed by atoms with Crippen molar-refractivity contribution in [2.45, 2.75) is 79.7 Å². The van der Waals surface area contributed by atoms with Crippen LogP contribution in [0.15, 0.2) is 24.3 Å². The van der Waals surface area contributed by atoms with Gasteiger partial charge in [0.25, 0.3) is 23.6 Å². The lowest BCUT2D eigenvalue weighted by Crippen LogP contribution is -2.36. The van der Waals surface area contributed by atoms with Crippen LogP contribution in [-0.2, 0) is 38.2 Å². The molecule has 2 aliphatic heterocycles. The van der Waals surface area contributed by atoms with Gasteiger partial charge in [-0.25, -0.2) is 0 Å². The standard InChI is InChI=1S/C16H16N2O8.9CH4/c19-11-3-4-12(20)17(11)9-15(23)25-7-1-2-8-26-16(24)10-18-13(21)5-6-14(18)22;;;;;;;;;/h3-6H,1-2,7-10H2;9*1H4. The number of carbonyl (C=O) groups is 6. The molecule has 0 aromatic rings. The van der Waals surface area contributed by atoms with E-state index < -0.39 is 48.7 Å². The van der Waals surface area contributed by atoms with Crippen LogP contribution in [0.25, 0.3) is 0 Å². The summed E-state index contributed by atoms with van der Waals surface area (Å²) >= 11 is 0. The molecule has 10 heteroatoms. The van der Waals surface area contributed by atoms with Crippen molar-refractivity contribution in [3.05, 3.63) is 24.3 Å². The molecule has 0 aromatic carbocycles. The highest BCUT2D eigenvalue weighted by atomic mass is 16.5. The molecule has 0 saturated heterocycles. The molecular formula is C25H52N2O8. The van der Waals surface area contributed by atoms with Crippen molar-refractivity contribution in [1.29, 1.82) is 0 Å². The average molecular weight is 509 g/mol. The minimum absolute atomic E-state index is 0. The van der Waals surface area contributed by atoms with Crippen LogP contribution in [0.5, 0.6) is 0 Å². The molecular weight excluding hydrogens is 456 g/mol. The lowest BCUT2D eigenvalue weighted by Gasteiger charge is -2.13. The Morgan fingerprint density at radius 2 is 0.743 bits per heavy atom. The number of hydrogen-bond acceptors (Lipinski definition) is 8. The molecule has 2 aliphatic rings. The molecule has 0 saturated carbocycles. The van der Waals surface area contributed by atoms with Crippen LogP contribution in [0, 0.1) is 0 Å². The molecule has 0 aliphatic carbocycles. The predicted octanol–water partition coefficient (Wildman–Crippen LogP) is 4.43. The summed E-state index contributed by atoms with van der Waals surface area (Å²) in [6.45, 7) is -0.836. The van der Waals surface area contributed by atoms with Gasteiger partial charge in [0, 0.05) is 24.3 Å². The van der Waals surface area contributed by atoms with E-state index in [0.717, 1.165) is 34.1 Å². The monoisotopic (exact) mass is 508 g/mol. The van der Waals surface area contributed by atoms with Gasteiger partial charge in [-0.1, -0.05) is 66.8 Å². The van der Waals surface area contributed by atoms with E-state index in [9.17, 15) is 28.8 Å². The molecule has 0 spiro atoms. The Kier molecular flexibility index (Phi) is 38.5. The van der Waals surface area contributed by atoms with E-state index >= 15 is 0 Å². The maximum absolute atomic E-state index is 11.5. The lowest BCUT2D eigenvalue weighted by molar-refractivity contribution is -0.152. The van der Waals surface area contributed by atoms with E-state index in [0.29, 0.717) is 12.8 Å². The minimum atomic E-state index is -0.717. The summed E-state index contributed by atoms with van der Waals surface area (Å²) in [5.41, 5.74) is 0. The van der Waals surface area contributed by atoms with Gasteiger partial charge in [0.2, 0.25) is 0 Å². The number of imide groups is 2. The van der Waals surface area contributed by atoms with Gasteiger partial charge in [0.15, 0.2) is 0 Å². The van der Waals surface area contributed by atoms with Gasteiger partial charge in [0.05, 0.1) is 13.2 Å². The topological polar surface area (TPSA) is 127 Å². The zero-order chi connectivity index (χ0) is 19.1. The van der Waals surface area contributed by atoms with Crippen LogP contribution < -0.4 is 0 Å². The zero-order valence-corrected chi connectivity index (χ0v) is 13.7. The van der Waals surface area contributed by atoms with Crippen molar-refractivity contribution in [3.63, 3.8) is 0 Å². The summed E-state index contributed by atoms with van der Waals surface area (Å²) in [7, 11) is 0. The molecule has 2 heterocycles. The zero-order valence-electron chi connectivity index (χ0n) is 13.7. The van der Waals surface area contributed by atoms with Gasteiger partial charge >= 0.3 is 11.9 Å². The molecule has 0 atom stereocenters. The van der Waals surface area contributed by atoms with Gasteiger partial charge in [-0.2, -0.15) is 0 Å². The predicted molar refractivity (Wildman–Crippen MR) is 143 cm³/mol. The summed E-state index contributed by atoms with van der Waals surface area (Å²) in [4.78, 5) is 69.7. The SMILES string of the molecule is C.C.C.C.C.C.C.C.C.O=C(CN1C(=O)C=CC1=O)OCCCCOC(=O)CN1C(=O)C=CC1=O. The smallest absolute Gasteiger partial charge is 0.326 e. The largest absolute Gasteiger partial charge is 0.464 e. The maximum atomic E-state index is 11.5. The first-order valence-electron chi connectivity index (χ1n) is 7.77. The van der Waals surface area contributed by atoms with E-state index in [2.05, 4.69) is 0 Å². The second kappa shape index (κ2) is 25.3. The Bertz CT molecular complexity index is 618. The molecule has 0 aromatic heterocycles. The number of esters is 2. The molecule has 210 valence electrons. The van der Waals surface area contributed by atoms with E-state index in [-0.39, 0.29) is 80.1 Å². The third-order valence-corrected chi connectivity index (χ3v) is 3.44. The Balaban J connectivity index is -0.000000135. The first-order chi connectivity index (χ1) is 12.4. The number of carbonyl (C=O) groups excluding carboxylic acids is 6. The summed E-state index contributed by atoms with van der Waals surface area (Å²) < 4.78 is 9.77. The number of hydrogen-bond donors (Lipinski definition) is 0. The van der Waals surface area contributed by atoms with Crippen molar-refractivity contribution < 1.29 is 38.2 Å². The van der Waals surface area contributed by atoms with Crippen LogP contribution in [0.2, 0.25) is 0 Å². The van der Waals surface area contributed by atoms with E-state index in [1.54, 1.807) is 0 Å². The van der Waals surface area contributed by atoms with Crippen LogP contribution in [-0.4, -0.2) is 71.7 Å². The third kappa shape index (κ3) is 16.0. The molecule has 35 heavy (non-hydrogen) atoms. The molecule has 0 radical (unpaired) electrons.